The van der Waals surface area contributed by atoms with Gasteiger partial charge in [-0.3, -0.25) is 0 Å². The summed E-state index contributed by atoms with van der Waals surface area (Å²) in [6.45, 7) is 1.44. The van der Waals surface area contributed by atoms with Crippen LogP contribution in [0.1, 0.15) is 28.9 Å². The fourth-order valence-electron chi connectivity index (χ4n) is 4.04. The average molecular weight is 442 g/mol. The molecule has 1 aromatic heterocycles. The maximum atomic E-state index is 9.56. The van der Waals surface area contributed by atoms with Gasteiger partial charge >= 0.3 is 0 Å². The Morgan fingerprint density at radius 1 is 0.531 bits per heavy atom. The van der Waals surface area contributed by atoms with E-state index in [4.69, 9.17) is 19.2 Å². The van der Waals surface area contributed by atoms with Gasteiger partial charge in [0.05, 0.1) is 23.3 Å². The summed E-state index contributed by atoms with van der Waals surface area (Å²) >= 11 is 0.836. The van der Waals surface area contributed by atoms with Gasteiger partial charge in [-0.05, 0) is 80.1 Å². The third kappa shape index (κ3) is 2.49. The van der Waals surface area contributed by atoms with Crippen LogP contribution >= 0.6 is 11.3 Å². The van der Waals surface area contributed by atoms with Crippen LogP contribution in [0.5, 0.6) is 0 Å². The van der Waals surface area contributed by atoms with E-state index in [0.29, 0.717) is 0 Å². The first-order valence-corrected chi connectivity index (χ1v) is 10.5. The van der Waals surface area contributed by atoms with Crippen LogP contribution in [0.25, 0.3) is 63.6 Å². The zero-order valence-corrected chi connectivity index (χ0v) is 17.2. The van der Waals surface area contributed by atoms with Gasteiger partial charge in [-0.1, -0.05) is 78.6 Å². The molecule has 1 heterocycles. The van der Waals surface area contributed by atoms with Crippen molar-refractivity contribution in [3.8, 4) is 11.1 Å². The molecule has 0 amide bonds. The number of hydrogen-bond donors (Lipinski definition) is 0. The second-order valence-electron chi connectivity index (χ2n) is 7.26. The van der Waals surface area contributed by atoms with Crippen molar-refractivity contribution in [3.63, 3.8) is 0 Å². The summed E-state index contributed by atoms with van der Waals surface area (Å²) < 4.78 is 148. The lowest BCUT2D eigenvalue weighted by molar-refractivity contribution is 1.51. The third-order valence-electron chi connectivity index (χ3n) is 5.37. The highest BCUT2D eigenvalue weighted by molar-refractivity contribution is 7.26. The summed E-state index contributed by atoms with van der Waals surface area (Å²) in [6.07, 6.45) is 0. The Hall–Kier alpha value is -3.68. The molecule has 0 N–H and O–H groups in total. The van der Waals surface area contributed by atoms with Crippen LogP contribution in [-0.4, -0.2) is 0 Å². The summed E-state index contributed by atoms with van der Waals surface area (Å²) in [4.78, 5) is 0. The number of rotatable bonds is 1. The van der Waals surface area contributed by atoms with E-state index in [1.54, 1.807) is 0 Å². The lowest BCUT2D eigenvalue weighted by Gasteiger charge is -2.13. The maximum Gasteiger partial charge on any atom is 0.0638 e. The topological polar surface area (TPSA) is 0 Å². The first-order chi connectivity index (χ1) is 22.9. The molecule has 7 rings (SSSR count). The lowest BCUT2D eigenvalue weighted by Crippen LogP contribution is -1.86. The number of hydrogen-bond acceptors (Lipinski definition) is 1. The normalized spacial score (nSPS) is 19.3. The Balaban J connectivity index is 1.85. The Morgan fingerprint density at radius 2 is 1.09 bits per heavy atom. The second-order valence-corrected chi connectivity index (χ2v) is 8.28. The summed E-state index contributed by atoms with van der Waals surface area (Å²) in [7, 11) is 0. The first kappa shape index (κ1) is 8.03. The SMILES string of the molecule is [2H]c1c([2H])c([2H])c2c(sc3c(-c4c([2H])c([2H])c5c6c([2H])c([2H])c([2H])c([2H])c6c6c([2H])c([2H])c([2H])c([2H])c6c5c4[2H])c([2H])c(C)c([2H])c32)c1[2H]. The minimum atomic E-state index is -0.702. The van der Waals surface area contributed by atoms with Crippen LogP contribution in [0.3, 0.4) is 0 Å². The Bertz CT molecular complexity index is 2700. The highest BCUT2D eigenvalue weighted by atomic mass is 32.1. The molecule has 0 radical (unpaired) electrons. The summed E-state index contributed by atoms with van der Waals surface area (Å²) in [5.41, 5.74) is -0.415. The molecular weight excluding hydrogens is 404 g/mol. The molecule has 0 spiro atoms. The molecule has 0 unspecified atom stereocenters. The Morgan fingerprint density at radius 3 is 1.78 bits per heavy atom. The van der Waals surface area contributed by atoms with E-state index in [0.717, 1.165) is 11.3 Å². The molecule has 1 heteroatoms. The van der Waals surface area contributed by atoms with Gasteiger partial charge in [0.2, 0.25) is 0 Å². The van der Waals surface area contributed by atoms with Gasteiger partial charge in [-0.2, -0.15) is 0 Å². The van der Waals surface area contributed by atoms with E-state index >= 15 is 0 Å². The molecule has 0 nitrogen and oxygen atoms in total. The molecule has 0 bridgehead atoms. The van der Waals surface area contributed by atoms with Crippen LogP contribution in [0.2, 0.25) is 0 Å². The van der Waals surface area contributed by atoms with Crippen molar-refractivity contribution in [2.75, 3.05) is 0 Å². The van der Waals surface area contributed by atoms with Crippen molar-refractivity contribution in [3.05, 3.63) is 108 Å². The van der Waals surface area contributed by atoms with Gasteiger partial charge in [0, 0.05) is 20.2 Å². The van der Waals surface area contributed by atoms with Gasteiger partial charge in [-0.25, -0.2) is 0 Å². The van der Waals surface area contributed by atoms with Crippen molar-refractivity contribution >= 4 is 63.8 Å². The van der Waals surface area contributed by atoms with Crippen LogP contribution in [0.15, 0.2) is 103 Å². The highest BCUT2D eigenvalue weighted by Crippen LogP contribution is 2.42. The molecule has 32 heavy (non-hydrogen) atoms. The molecule has 0 aliphatic rings. The molecule has 0 atom stereocenters. The van der Waals surface area contributed by atoms with Crippen molar-refractivity contribution in [1.82, 2.24) is 0 Å². The minimum Gasteiger partial charge on any atom is -0.135 e. The number of thiophene rings is 1. The van der Waals surface area contributed by atoms with Crippen LogP contribution < -0.4 is 0 Å². The molecule has 0 fully saturated rings. The largest absolute Gasteiger partial charge is 0.135 e. The molecular formula is C31H20S. The number of fused-ring (bicyclic) bond motifs is 9. The molecule has 7 aromatic rings. The van der Waals surface area contributed by atoms with Crippen LogP contribution in [0, 0.1) is 6.92 Å². The Kier molecular flexibility index (Phi) is 1.67. The molecule has 0 saturated heterocycles. The Labute approximate surface area is 214 Å². The van der Waals surface area contributed by atoms with E-state index in [2.05, 4.69) is 0 Å². The van der Waals surface area contributed by atoms with Crippen molar-refractivity contribution < 1.29 is 23.3 Å². The maximum absolute atomic E-state index is 9.56. The van der Waals surface area contributed by atoms with E-state index in [9.17, 15) is 4.11 Å². The molecule has 0 aliphatic heterocycles. The second kappa shape index (κ2) is 6.66. The van der Waals surface area contributed by atoms with Gasteiger partial charge < -0.3 is 0 Å². The smallest absolute Gasteiger partial charge is 0.0638 e. The zero-order valence-electron chi connectivity index (χ0n) is 33.4. The minimum absolute atomic E-state index is 0.0202. The lowest BCUT2D eigenvalue weighted by atomic mass is 9.91. The summed E-state index contributed by atoms with van der Waals surface area (Å²) in [5.74, 6) is 0. The fraction of sp³-hybridized carbons (Fsp3) is 0.0323. The highest BCUT2D eigenvalue weighted by Gasteiger charge is 2.14. The predicted octanol–water partition coefficient (Wildman–Crippen LogP) is 9.49. The van der Waals surface area contributed by atoms with Crippen molar-refractivity contribution in [2.24, 2.45) is 0 Å². The van der Waals surface area contributed by atoms with Crippen molar-refractivity contribution in [1.29, 1.82) is 0 Å². The molecule has 150 valence electrons. The number of benzene rings is 6. The quantitative estimate of drug-likeness (QED) is 0.222. The summed E-state index contributed by atoms with van der Waals surface area (Å²) in [6, 6.07) is -9.57. The predicted molar refractivity (Wildman–Crippen MR) is 142 cm³/mol. The van der Waals surface area contributed by atoms with Crippen LogP contribution in [-0.2, 0) is 0 Å². The van der Waals surface area contributed by atoms with E-state index < -0.39 is 84.6 Å². The zero-order chi connectivity index (χ0) is 36.0. The van der Waals surface area contributed by atoms with E-state index in [1.165, 1.54) is 6.92 Å². The van der Waals surface area contributed by atoms with E-state index in [-0.39, 0.29) is 87.3 Å². The first-order valence-electron chi connectivity index (χ1n) is 18.2. The van der Waals surface area contributed by atoms with Gasteiger partial charge in [0.1, 0.15) is 0 Å². The van der Waals surface area contributed by atoms with Crippen LogP contribution in [0.4, 0.5) is 0 Å². The fourth-order valence-corrected chi connectivity index (χ4v) is 5.11. The molecule has 0 saturated carbocycles. The average Bonchev–Trinajstić information content (AvgIpc) is 3.48. The third-order valence-corrected chi connectivity index (χ3v) is 6.50. The summed E-state index contributed by atoms with van der Waals surface area (Å²) in [5, 5.41) is -1.77. The standard InChI is InChI=1S/C31H20S/c1-19-16-27(31-29(17-19)26-12-6-7-13-30(26)32-31)20-14-15-25-23-10-3-2-8-21(23)22-9-4-5-11-24(22)28(25)18-20/h2-18H,1H3/i2D,3D,4D,5D,6D,7D,8D,9D,10D,11D,12D,13D,14D,15D,16D,17D,18D. The van der Waals surface area contributed by atoms with Gasteiger partial charge in [0.15, 0.2) is 0 Å². The molecule has 0 aliphatic carbocycles. The monoisotopic (exact) mass is 441 g/mol. The van der Waals surface area contributed by atoms with Gasteiger partial charge in [-0.15, -0.1) is 11.3 Å². The van der Waals surface area contributed by atoms with Crippen molar-refractivity contribution in [2.45, 2.75) is 6.92 Å². The van der Waals surface area contributed by atoms with E-state index in [1.807, 2.05) is 0 Å². The van der Waals surface area contributed by atoms with Gasteiger partial charge in [0.25, 0.3) is 0 Å². The molecule has 6 aromatic carbocycles.